The molecule has 8 heterocycles. The van der Waals surface area contributed by atoms with E-state index in [-0.39, 0.29) is 0 Å². The van der Waals surface area contributed by atoms with Gasteiger partial charge in [-0.2, -0.15) is 0 Å². The van der Waals surface area contributed by atoms with Crippen molar-refractivity contribution in [1.82, 2.24) is 44.9 Å². The van der Waals surface area contributed by atoms with Crippen molar-refractivity contribution in [3.8, 4) is 145 Å². The van der Waals surface area contributed by atoms with Gasteiger partial charge in [-0.3, -0.25) is 0 Å². The van der Waals surface area contributed by atoms with Gasteiger partial charge in [0, 0.05) is 87.8 Å². The maximum atomic E-state index is 5.09. The van der Waals surface area contributed by atoms with Gasteiger partial charge in [0.05, 0.1) is 14.6 Å². The maximum Gasteiger partial charge on any atom is 0.174 e. The van der Waals surface area contributed by atoms with Crippen LogP contribution in [0, 0.1) is 0 Å². The molecular formula is C109H67N9S5. The highest BCUT2D eigenvalue weighted by atomic mass is 32.1. The summed E-state index contributed by atoms with van der Waals surface area (Å²) in [6.07, 6.45) is 0. The predicted octanol–water partition coefficient (Wildman–Crippen LogP) is 30.8. The van der Waals surface area contributed by atoms with Gasteiger partial charge < -0.3 is 0 Å². The third kappa shape index (κ3) is 15.0. The Kier molecular flexibility index (Phi) is 19.8. The molecule has 0 saturated heterocycles. The monoisotopic (exact) mass is 1660 g/mol. The summed E-state index contributed by atoms with van der Waals surface area (Å²) in [4.78, 5) is 48.6. The number of aromatic nitrogens is 9. The van der Waals surface area contributed by atoms with E-state index in [2.05, 4.69) is 376 Å². The van der Waals surface area contributed by atoms with Crippen molar-refractivity contribution in [2.24, 2.45) is 0 Å². The Hall–Kier alpha value is -14.9. The van der Waals surface area contributed by atoms with Crippen LogP contribution >= 0.6 is 56.7 Å². The number of hydrogen-bond donors (Lipinski definition) is 0. The number of hydrogen-bond acceptors (Lipinski definition) is 14. The van der Waals surface area contributed by atoms with Gasteiger partial charge in [-0.25, -0.2) is 44.9 Å². The number of fused-ring (bicyclic) bond motifs is 10. The summed E-state index contributed by atoms with van der Waals surface area (Å²) in [7, 11) is 0. The lowest BCUT2D eigenvalue weighted by molar-refractivity contribution is 1.08. The third-order valence-corrected chi connectivity index (χ3v) is 27.7. The molecule has 578 valence electrons. The van der Waals surface area contributed by atoms with Crippen LogP contribution in [0.25, 0.3) is 226 Å². The Balaban J connectivity index is 0.000000110. The highest BCUT2D eigenvalue weighted by Crippen LogP contribution is 2.44. The molecule has 24 aromatic rings. The first kappa shape index (κ1) is 74.4. The molecular weight excluding hydrogens is 1600 g/mol. The molecule has 8 aromatic heterocycles. The Bertz CT molecular complexity index is 7990. The fraction of sp³-hybridized carbons (Fsp3) is 0. The number of thiophene rings is 5. The van der Waals surface area contributed by atoms with Crippen LogP contribution in [0.1, 0.15) is 0 Å². The molecule has 0 aliphatic heterocycles. The average molecular weight is 1660 g/mol. The summed E-state index contributed by atoms with van der Waals surface area (Å²) >= 11 is 8.74. The molecule has 24 rings (SSSR count). The highest BCUT2D eigenvalue weighted by Gasteiger charge is 2.23. The van der Waals surface area contributed by atoms with Crippen molar-refractivity contribution in [3.63, 3.8) is 0 Å². The zero-order chi connectivity index (χ0) is 81.5. The SMILES string of the molecule is c1ccc(-c2cccc(-c3nc(-c4ccc5c(c4)sc4ccccc45)nc(-c4cc5ccccc5s4)n3)c2)cc1.c1ccc(-c2ccccc2-c2nc(-c3ccc(-c4cccc5ccccc45)cc3)nc(-c3cc4ccccc4s3)n2)cc1.c1ccc(-c2ccccc2-c2nc(-c3ccc4c(c3)sc3ccccc34)nc(-c3cc4ccccc4s3)n2)cc1. The first-order chi connectivity index (χ1) is 60.9. The third-order valence-electron chi connectivity index (χ3n) is 22.1. The van der Waals surface area contributed by atoms with E-state index < -0.39 is 0 Å². The average Bonchev–Trinajstić information content (AvgIpc) is 1.61. The summed E-state index contributed by atoms with van der Waals surface area (Å²) in [6.45, 7) is 0. The lowest BCUT2D eigenvalue weighted by atomic mass is 9.97. The van der Waals surface area contributed by atoms with Gasteiger partial charge in [0.2, 0.25) is 0 Å². The molecule has 0 fully saturated rings. The van der Waals surface area contributed by atoms with E-state index in [0.717, 1.165) is 81.4 Å². The summed E-state index contributed by atoms with van der Waals surface area (Å²) < 4.78 is 8.69. The largest absolute Gasteiger partial charge is 0.208 e. The first-order valence-corrected chi connectivity index (χ1v) is 44.6. The van der Waals surface area contributed by atoms with Crippen LogP contribution in [-0.2, 0) is 0 Å². The van der Waals surface area contributed by atoms with Crippen LogP contribution in [0.3, 0.4) is 0 Å². The van der Waals surface area contributed by atoms with Gasteiger partial charge in [-0.15, -0.1) is 56.7 Å². The topological polar surface area (TPSA) is 116 Å². The summed E-state index contributed by atoms with van der Waals surface area (Å²) in [5.41, 5.74) is 15.0. The molecule has 0 aliphatic rings. The molecule has 0 bridgehead atoms. The normalized spacial score (nSPS) is 11.4. The standard InChI is InChI=1S/C39H25N3S.2C35H21N3S2/c1-2-11-26(12-3-1)33-17-7-8-18-34(33)38-40-37(41-39(42-38)36-25-30-14-5-9-20-35(30)43-36)29-23-21-28(22-24-29)32-19-10-15-27-13-4-6-16-31(27)32;1-2-10-22(11-3-1)25-13-5-6-15-28(25)34-36-33(37-35(38-34)32-20-23-12-4-8-16-29(23)39-32)24-18-19-27-26-14-7-9-17-30(26)40-31(27)21-24;1-2-9-22(10-3-1)23-12-8-13-25(19-23)33-36-34(38-35(37-33)32-20-24-11-4-6-15-29(24)39-32)26-17-18-28-27-14-5-7-16-30(27)40-31(28)21-26/h1-25H;2*1-21H. The van der Waals surface area contributed by atoms with Crippen LogP contribution in [-0.4, -0.2) is 44.9 Å². The van der Waals surface area contributed by atoms with Crippen LogP contribution < -0.4 is 0 Å². The molecule has 0 atom stereocenters. The highest BCUT2D eigenvalue weighted by molar-refractivity contribution is 7.26. The zero-order valence-corrected chi connectivity index (χ0v) is 69.8. The molecule has 0 saturated carbocycles. The molecule has 0 radical (unpaired) electrons. The van der Waals surface area contributed by atoms with E-state index in [0.29, 0.717) is 52.4 Å². The van der Waals surface area contributed by atoms with Crippen molar-refractivity contribution >= 4 is 138 Å². The van der Waals surface area contributed by atoms with Gasteiger partial charge in [0.25, 0.3) is 0 Å². The molecule has 0 spiro atoms. The van der Waals surface area contributed by atoms with Gasteiger partial charge >= 0.3 is 0 Å². The van der Waals surface area contributed by atoms with Gasteiger partial charge in [0.1, 0.15) is 0 Å². The second-order valence-electron chi connectivity index (χ2n) is 29.9. The summed E-state index contributed by atoms with van der Waals surface area (Å²) in [6, 6.07) is 142. The molecule has 123 heavy (non-hydrogen) atoms. The molecule has 0 N–H and O–H groups in total. The Morgan fingerprint density at radius 1 is 0.130 bits per heavy atom. The zero-order valence-electron chi connectivity index (χ0n) is 65.7. The number of nitrogens with zero attached hydrogens (tertiary/aromatic N) is 9. The van der Waals surface area contributed by atoms with E-state index in [4.69, 9.17) is 44.9 Å². The minimum Gasteiger partial charge on any atom is -0.208 e. The van der Waals surface area contributed by atoms with E-state index in [1.54, 1.807) is 56.7 Å². The van der Waals surface area contributed by atoms with Crippen molar-refractivity contribution < 1.29 is 0 Å². The van der Waals surface area contributed by atoms with Crippen LogP contribution in [0.4, 0.5) is 0 Å². The van der Waals surface area contributed by atoms with Crippen molar-refractivity contribution in [2.45, 2.75) is 0 Å². The molecule has 14 heteroatoms. The quantitative estimate of drug-likeness (QED) is 0.111. The second kappa shape index (κ2) is 32.7. The lowest BCUT2D eigenvalue weighted by Crippen LogP contribution is -2.00. The lowest BCUT2D eigenvalue weighted by Gasteiger charge is -2.12. The first-order valence-electron chi connectivity index (χ1n) is 40.5. The Labute approximate surface area is 728 Å². The summed E-state index contributed by atoms with van der Waals surface area (Å²) in [5, 5.41) is 11.2. The predicted molar refractivity (Wildman–Crippen MR) is 520 cm³/mol. The van der Waals surface area contributed by atoms with Gasteiger partial charge in [-0.1, -0.05) is 340 Å². The minimum absolute atomic E-state index is 0.657. The van der Waals surface area contributed by atoms with Crippen molar-refractivity contribution in [2.75, 3.05) is 0 Å². The maximum absolute atomic E-state index is 5.09. The minimum atomic E-state index is 0.657. The molecule has 9 nitrogen and oxygen atoms in total. The fourth-order valence-electron chi connectivity index (χ4n) is 16.1. The molecule has 0 amide bonds. The summed E-state index contributed by atoms with van der Waals surface area (Å²) in [5.74, 6) is 6.10. The smallest absolute Gasteiger partial charge is 0.174 e. The van der Waals surface area contributed by atoms with Crippen LogP contribution in [0.15, 0.2) is 406 Å². The van der Waals surface area contributed by atoms with E-state index in [9.17, 15) is 0 Å². The van der Waals surface area contributed by atoms with Gasteiger partial charge in [-0.05, 0) is 138 Å². The van der Waals surface area contributed by atoms with Crippen LogP contribution in [0.5, 0.6) is 0 Å². The molecule has 16 aromatic carbocycles. The van der Waals surface area contributed by atoms with E-state index in [1.165, 1.54) is 92.5 Å². The second-order valence-corrected chi connectivity index (χ2v) is 35.3. The fourth-order valence-corrected chi connectivity index (χ4v) is 21.3. The van der Waals surface area contributed by atoms with Crippen molar-refractivity contribution in [3.05, 3.63) is 406 Å². The van der Waals surface area contributed by atoms with E-state index >= 15 is 0 Å². The van der Waals surface area contributed by atoms with E-state index in [1.807, 2.05) is 30.3 Å². The van der Waals surface area contributed by atoms with Gasteiger partial charge in [0.15, 0.2) is 52.4 Å². The Morgan fingerprint density at radius 3 is 0.878 bits per heavy atom. The Morgan fingerprint density at radius 2 is 0.415 bits per heavy atom. The van der Waals surface area contributed by atoms with Crippen LogP contribution in [0.2, 0.25) is 0 Å². The molecule has 0 aliphatic carbocycles. The van der Waals surface area contributed by atoms with Crippen molar-refractivity contribution in [1.29, 1.82) is 0 Å². The molecule has 0 unspecified atom stereocenters. The number of benzene rings is 16. The number of rotatable bonds is 13.